The van der Waals surface area contributed by atoms with Crippen molar-refractivity contribution < 1.29 is 4.79 Å². The molecule has 6 nitrogen and oxygen atoms in total. The SMILES string of the molecule is Cc1nc2nc(-c3cccs3)nn2c(C)c1CC(=O)N1CCCC[C@H]1C. The van der Waals surface area contributed by atoms with Crippen molar-refractivity contribution in [2.24, 2.45) is 0 Å². The molecule has 7 heteroatoms. The van der Waals surface area contributed by atoms with Gasteiger partial charge < -0.3 is 4.90 Å². The largest absolute Gasteiger partial charge is 0.340 e. The molecule has 0 spiro atoms. The number of hydrogen-bond donors (Lipinski definition) is 0. The highest BCUT2D eigenvalue weighted by molar-refractivity contribution is 7.13. The predicted octanol–water partition coefficient (Wildman–Crippen LogP) is 3.41. The Morgan fingerprint density at radius 2 is 2.15 bits per heavy atom. The van der Waals surface area contributed by atoms with Gasteiger partial charge in [0.15, 0.2) is 5.82 Å². The first-order chi connectivity index (χ1) is 12.5. The Labute approximate surface area is 156 Å². The number of piperidine rings is 1. The summed E-state index contributed by atoms with van der Waals surface area (Å²) in [5.74, 6) is 1.46. The van der Waals surface area contributed by atoms with E-state index < -0.39 is 0 Å². The molecule has 26 heavy (non-hydrogen) atoms. The van der Waals surface area contributed by atoms with Gasteiger partial charge in [-0.15, -0.1) is 16.4 Å². The van der Waals surface area contributed by atoms with E-state index in [1.54, 1.807) is 15.9 Å². The van der Waals surface area contributed by atoms with Crippen LogP contribution in [0.1, 0.15) is 43.1 Å². The third-order valence-electron chi connectivity index (χ3n) is 5.24. The molecule has 0 N–H and O–H groups in total. The average molecular weight is 369 g/mol. The summed E-state index contributed by atoms with van der Waals surface area (Å²) in [6.45, 7) is 6.95. The first-order valence-corrected chi connectivity index (χ1v) is 9.98. The van der Waals surface area contributed by atoms with E-state index in [0.717, 1.165) is 41.2 Å². The maximum absolute atomic E-state index is 12.9. The fourth-order valence-electron chi connectivity index (χ4n) is 3.70. The van der Waals surface area contributed by atoms with Gasteiger partial charge in [0.2, 0.25) is 5.91 Å². The number of carbonyl (C=O) groups is 1. The molecule has 3 aromatic heterocycles. The number of likely N-dealkylation sites (tertiary alicyclic amines) is 1. The Balaban J connectivity index is 1.67. The van der Waals surface area contributed by atoms with Crippen molar-refractivity contribution in [3.8, 4) is 10.7 Å². The summed E-state index contributed by atoms with van der Waals surface area (Å²) in [5, 5.41) is 6.63. The van der Waals surface area contributed by atoms with E-state index in [0.29, 0.717) is 24.1 Å². The lowest BCUT2D eigenvalue weighted by Gasteiger charge is -2.33. The number of aryl methyl sites for hydroxylation is 2. The third-order valence-corrected chi connectivity index (χ3v) is 6.11. The Hall–Kier alpha value is -2.28. The molecule has 3 aromatic rings. The molecule has 0 aromatic carbocycles. The van der Waals surface area contributed by atoms with Gasteiger partial charge in [-0.3, -0.25) is 4.79 Å². The normalized spacial score (nSPS) is 17.8. The molecule has 1 amide bonds. The lowest BCUT2D eigenvalue weighted by atomic mass is 10.0. The number of fused-ring (bicyclic) bond motifs is 1. The third kappa shape index (κ3) is 3.00. The van der Waals surface area contributed by atoms with Crippen LogP contribution >= 0.6 is 11.3 Å². The Morgan fingerprint density at radius 3 is 2.88 bits per heavy atom. The zero-order valence-corrected chi connectivity index (χ0v) is 16.2. The molecule has 0 bridgehead atoms. The second-order valence-corrected chi connectivity index (χ2v) is 7.94. The van der Waals surface area contributed by atoms with Gasteiger partial charge in [0.05, 0.1) is 11.3 Å². The summed E-state index contributed by atoms with van der Waals surface area (Å²) in [4.78, 5) is 25.1. The van der Waals surface area contributed by atoms with Crippen molar-refractivity contribution in [2.45, 2.75) is 52.5 Å². The van der Waals surface area contributed by atoms with Crippen LogP contribution in [-0.2, 0) is 11.2 Å². The summed E-state index contributed by atoms with van der Waals surface area (Å²) >= 11 is 1.61. The van der Waals surface area contributed by atoms with Gasteiger partial charge in [-0.25, -0.2) is 9.50 Å². The molecule has 1 fully saturated rings. The number of nitrogens with zero attached hydrogens (tertiary/aromatic N) is 5. The van der Waals surface area contributed by atoms with Gasteiger partial charge in [-0.2, -0.15) is 4.98 Å². The molecule has 4 heterocycles. The van der Waals surface area contributed by atoms with Crippen molar-refractivity contribution >= 4 is 23.0 Å². The van der Waals surface area contributed by atoms with Crippen molar-refractivity contribution in [3.05, 3.63) is 34.5 Å². The van der Waals surface area contributed by atoms with Gasteiger partial charge in [0.1, 0.15) is 0 Å². The van der Waals surface area contributed by atoms with Gasteiger partial charge >= 0.3 is 0 Å². The molecule has 1 aliphatic heterocycles. The number of rotatable bonds is 3. The molecule has 0 radical (unpaired) electrons. The molecule has 1 atom stereocenters. The smallest absolute Gasteiger partial charge is 0.253 e. The van der Waals surface area contributed by atoms with Crippen LogP contribution in [0.5, 0.6) is 0 Å². The van der Waals surface area contributed by atoms with E-state index in [1.165, 1.54) is 6.42 Å². The van der Waals surface area contributed by atoms with Crippen LogP contribution < -0.4 is 0 Å². The van der Waals surface area contributed by atoms with Gasteiger partial charge in [-0.05, 0) is 51.5 Å². The molecule has 1 saturated heterocycles. The number of hydrogen-bond acceptors (Lipinski definition) is 5. The lowest BCUT2D eigenvalue weighted by Crippen LogP contribution is -2.43. The van der Waals surface area contributed by atoms with E-state index in [2.05, 4.69) is 22.0 Å². The van der Waals surface area contributed by atoms with Crippen LogP contribution in [0, 0.1) is 13.8 Å². The fourth-order valence-corrected chi connectivity index (χ4v) is 4.35. The highest BCUT2D eigenvalue weighted by atomic mass is 32.1. The molecular weight excluding hydrogens is 346 g/mol. The summed E-state index contributed by atoms with van der Waals surface area (Å²) < 4.78 is 1.77. The highest BCUT2D eigenvalue weighted by Crippen LogP contribution is 2.24. The zero-order valence-electron chi connectivity index (χ0n) is 15.4. The standard InChI is InChI=1S/C19H23N5OS/c1-12-7-4-5-9-23(12)17(25)11-15-13(2)20-19-21-18(16-8-6-10-26-16)22-24(19)14(15)3/h6,8,10,12H,4-5,7,9,11H2,1-3H3/t12-/m1/s1. The maximum atomic E-state index is 12.9. The van der Waals surface area contributed by atoms with Crippen molar-refractivity contribution in [3.63, 3.8) is 0 Å². The summed E-state index contributed by atoms with van der Waals surface area (Å²) in [6, 6.07) is 4.32. The Kier molecular flexibility index (Phi) is 4.48. The van der Waals surface area contributed by atoms with Crippen LogP contribution in [0.3, 0.4) is 0 Å². The molecule has 0 unspecified atom stereocenters. The molecule has 136 valence electrons. The van der Waals surface area contributed by atoms with Crippen molar-refractivity contribution in [1.82, 2.24) is 24.5 Å². The zero-order chi connectivity index (χ0) is 18.3. The van der Waals surface area contributed by atoms with Crippen LogP contribution in [0.4, 0.5) is 0 Å². The summed E-state index contributed by atoms with van der Waals surface area (Å²) in [6.07, 6.45) is 3.77. The number of aromatic nitrogens is 4. The minimum absolute atomic E-state index is 0.183. The second-order valence-electron chi connectivity index (χ2n) is 6.99. The van der Waals surface area contributed by atoms with E-state index in [9.17, 15) is 4.79 Å². The topological polar surface area (TPSA) is 63.4 Å². The fraction of sp³-hybridized carbons (Fsp3) is 0.474. The predicted molar refractivity (Wildman–Crippen MR) is 102 cm³/mol. The lowest BCUT2D eigenvalue weighted by molar-refractivity contribution is -0.133. The number of thiophene rings is 1. The van der Waals surface area contributed by atoms with E-state index in [-0.39, 0.29) is 5.91 Å². The van der Waals surface area contributed by atoms with Gasteiger partial charge in [0, 0.05) is 29.5 Å². The van der Waals surface area contributed by atoms with Crippen LogP contribution in [0.15, 0.2) is 17.5 Å². The van der Waals surface area contributed by atoms with Crippen LogP contribution in [-0.4, -0.2) is 43.0 Å². The summed E-state index contributed by atoms with van der Waals surface area (Å²) in [7, 11) is 0. The maximum Gasteiger partial charge on any atom is 0.253 e. The quantitative estimate of drug-likeness (QED) is 0.710. The summed E-state index contributed by atoms with van der Waals surface area (Å²) in [5.41, 5.74) is 2.77. The molecule has 4 rings (SSSR count). The second kappa shape index (κ2) is 6.79. The monoisotopic (exact) mass is 369 g/mol. The molecule has 0 aliphatic carbocycles. The van der Waals surface area contributed by atoms with Crippen LogP contribution in [0.25, 0.3) is 16.5 Å². The van der Waals surface area contributed by atoms with E-state index in [1.807, 2.05) is 36.3 Å². The van der Waals surface area contributed by atoms with Crippen molar-refractivity contribution in [2.75, 3.05) is 6.54 Å². The average Bonchev–Trinajstić information content (AvgIpc) is 3.28. The first-order valence-electron chi connectivity index (χ1n) is 9.11. The Bertz CT molecular complexity index is 947. The van der Waals surface area contributed by atoms with E-state index >= 15 is 0 Å². The minimum atomic E-state index is 0.183. The van der Waals surface area contributed by atoms with Crippen LogP contribution in [0.2, 0.25) is 0 Å². The Morgan fingerprint density at radius 1 is 1.31 bits per heavy atom. The minimum Gasteiger partial charge on any atom is -0.340 e. The molecular formula is C19H23N5OS. The van der Waals surface area contributed by atoms with Crippen molar-refractivity contribution in [1.29, 1.82) is 0 Å². The van der Waals surface area contributed by atoms with E-state index in [4.69, 9.17) is 0 Å². The molecule has 0 saturated carbocycles. The van der Waals surface area contributed by atoms with Gasteiger partial charge in [-0.1, -0.05) is 6.07 Å². The highest BCUT2D eigenvalue weighted by Gasteiger charge is 2.25. The number of amides is 1. The molecule has 1 aliphatic rings. The number of carbonyl (C=O) groups excluding carboxylic acids is 1. The first kappa shape index (κ1) is 17.1. The van der Waals surface area contributed by atoms with Gasteiger partial charge in [0.25, 0.3) is 5.78 Å².